The molecule has 0 aromatic heterocycles. The first-order valence-corrected chi connectivity index (χ1v) is 7.41. The predicted molar refractivity (Wildman–Crippen MR) is 90.0 cm³/mol. The largest absolute Gasteiger partial charge is 0.376 e. The van der Waals surface area contributed by atoms with Crippen LogP contribution in [0.3, 0.4) is 0 Å². The SMILES string of the molecule is O=C(CNc1ccc(Cl)c(Cl)c1)Nc1ccc(Cl)cc1Cl. The minimum Gasteiger partial charge on any atom is -0.376 e. The fraction of sp³-hybridized carbons (Fsp3) is 0.0714. The third-order valence-corrected chi connectivity index (χ3v) is 3.86. The molecule has 2 aromatic rings. The number of nitrogens with one attached hydrogen (secondary N) is 2. The Morgan fingerprint density at radius 1 is 0.905 bits per heavy atom. The van der Waals surface area contributed by atoms with Gasteiger partial charge in [-0.2, -0.15) is 0 Å². The molecule has 0 aliphatic carbocycles. The zero-order chi connectivity index (χ0) is 15.4. The molecule has 3 nitrogen and oxygen atoms in total. The lowest BCUT2D eigenvalue weighted by Crippen LogP contribution is -2.21. The first-order valence-electron chi connectivity index (χ1n) is 5.89. The number of benzene rings is 2. The van der Waals surface area contributed by atoms with Gasteiger partial charge in [-0.05, 0) is 36.4 Å². The zero-order valence-corrected chi connectivity index (χ0v) is 13.6. The van der Waals surface area contributed by atoms with Crippen molar-refractivity contribution in [1.82, 2.24) is 0 Å². The second kappa shape index (κ2) is 7.23. The van der Waals surface area contributed by atoms with Gasteiger partial charge in [0.15, 0.2) is 0 Å². The normalized spacial score (nSPS) is 10.3. The Hall–Kier alpha value is -1.13. The monoisotopic (exact) mass is 362 g/mol. The molecule has 2 N–H and O–H groups in total. The van der Waals surface area contributed by atoms with Gasteiger partial charge in [-0.25, -0.2) is 0 Å². The molecule has 110 valence electrons. The summed E-state index contributed by atoms with van der Waals surface area (Å²) in [6.45, 7) is 0.0664. The number of halogens is 4. The van der Waals surface area contributed by atoms with E-state index in [1.165, 1.54) is 0 Å². The molecular weight excluding hydrogens is 354 g/mol. The fourth-order valence-electron chi connectivity index (χ4n) is 1.57. The summed E-state index contributed by atoms with van der Waals surface area (Å²) in [5, 5.41) is 7.39. The lowest BCUT2D eigenvalue weighted by molar-refractivity contribution is -0.114. The predicted octanol–water partition coefficient (Wildman–Crippen LogP) is 5.35. The van der Waals surface area contributed by atoms with Crippen molar-refractivity contribution in [3.8, 4) is 0 Å². The highest BCUT2D eigenvalue weighted by molar-refractivity contribution is 6.42. The lowest BCUT2D eigenvalue weighted by atomic mass is 10.3. The maximum Gasteiger partial charge on any atom is 0.243 e. The fourth-order valence-corrected chi connectivity index (χ4v) is 2.33. The van der Waals surface area contributed by atoms with Crippen molar-refractivity contribution in [2.24, 2.45) is 0 Å². The van der Waals surface area contributed by atoms with Gasteiger partial charge < -0.3 is 10.6 Å². The molecule has 0 saturated carbocycles. The average Bonchev–Trinajstić information content (AvgIpc) is 2.43. The first kappa shape index (κ1) is 16.2. The quantitative estimate of drug-likeness (QED) is 0.768. The van der Waals surface area contributed by atoms with Gasteiger partial charge in [0.05, 0.1) is 27.3 Å². The molecule has 2 rings (SSSR count). The van der Waals surface area contributed by atoms with Gasteiger partial charge in [0.1, 0.15) is 0 Å². The standard InChI is InChI=1S/C14H10Cl4N2O/c15-8-1-4-13(12(18)5-8)20-14(21)7-19-9-2-3-10(16)11(17)6-9/h1-6,19H,7H2,(H,20,21). The van der Waals surface area contributed by atoms with Gasteiger partial charge in [0, 0.05) is 10.7 Å². The Labute approximate surface area is 142 Å². The van der Waals surface area contributed by atoms with Crippen molar-refractivity contribution in [1.29, 1.82) is 0 Å². The van der Waals surface area contributed by atoms with Gasteiger partial charge in [0.2, 0.25) is 5.91 Å². The van der Waals surface area contributed by atoms with Crippen LogP contribution >= 0.6 is 46.4 Å². The second-order valence-electron chi connectivity index (χ2n) is 4.15. The van der Waals surface area contributed by atoms with Crippen LogP contribution in [0.15, 0.2) is 36.4 Å². The molecule has 0 saturated heterocycles. The molecule has 0 spiro atoms. The van der Waals surface area contributed by atoms with E-state index in [1.54, 1.807) is 36.4 Å². The molecule has 21 heavy (non-hydrogen) atoms. The van der Waals surface area contributed by atoms with Crippen LogP contribution in [0.2, 0.25) is 20.1 Å². The second-order valence-corrected chi connectivity index (χ2v) is 5.81. The molecule has 7 heteroatoms. The van der Waals surface area contributed by atoms with E-state index in [4.69, 9.17) is 46.4 Å². The number of carbonyl (C=O) groups is 1. The van der Waals surface area contributed by atoms with Crippen LogP contribution in [-0.2, 0) is 4.79 Å². The van der Waals surface area contributed by atoms with E-state index in [2.05, 4.69) is 10.6 Å². The number of hydrogen-bond acceptors (Lipinski definition) is 2. The Balaban J connectivity index is 1.94. The van der Waals surface area contributed by atoms with Gasteiger partial charge in [0.25, 0.3) is 0 Å². The summed E-state index contributed by atoms with van der Waals surface area (Å²) in [6, 6.07) is 9.88. The topological polar surface area (TPSA) is 41.1 Å². The van der Waals surface area contributed by atoms with Crippen molar-refractivity contribution in [2.75, 3.05) is 17.2 Å². The van der Waals surface area contributed by atoms with E-state index in [-0.39, 0.29) is 12.5 Å². The Bertz CT molecular complexity index is 676. The highest BCUT2D eigenvalue weighted by Gasteiger charge is 2.07. The maximum atomic E-state index is 11.9. The average molecular weight is 364 g/mol. The summed E-state index contributed by atoms with van der Waals surface area (Å²) >= 11 is 23.5. The number of carbonyl (C=O) groups excluding carboxylic acids is 1. The Morgan fingerprint density at radius 3 is 2.33 bits per heavy atom. The van der Waals surface area contributed by atoms with Crippen LogP contribution in [0.5, 0.6) is 0 Å². The molecule has 1 amide bonds. The molecule has 0 radical (unpaired) electrons. The summed E-state index contributed by atoms with van der Waals surface area (Å²) in [5.41, 5.74) is 1.20. The highest BCUT2D eigenvalue weighted by atomic mass is 35.5. The van der Waals surface area contributed by atoms with Gasteiger partial charge in [-0.1, -0.05) is 46.4 Å². The van der Waals surface area contributed by atoms with E-state index in [0.29, 0.717) is 31.5 Å². The summed E-state index contributed by atoms with van der Waals surface area (Å²) in [5.74, 6) is -0.245. The summed E-state index contributed by atoms with van der Waals surface area (Å²) in [6.07, 6.45) is 0. The van der Waals surface area contributed by atoms with Crippen molar-refractivity contribution >= 4 is 63.7 Å². The minimum absolute atomic E-state index is 0.0664. The molecular formula is C14H10Cl4N2O. The van der Waals surface area contributed by atoms with E-state index in [1.807, 2.05) is 0 Å². The van der Waals surface area contributed by atoms with Crippen LogP contribution in [0.25, 0.3) is 0 Å². The van der Waals surface area contributed by atoms with Crippen LogP contribution < -0.4 is 10.6 Å². The first-order chi connectivity index (χ1) is 9.95. The number of anilines is 2. The molecule has 2 aromatic carbocycles. The van der Waals surface area contributed by atoms with E-state index in [0.717, 1.165) is 0 Å². The van der Waals surface area contributed by atoms with Crippen LogP contribution in [0, 0.1) is 0 Å². The third kappa shape index (κ3) is 4.68. The summed E-state index contributed by atoms with van der Waals surface area (Å²) in [4.78, 5) is 11.9. The van der Waals surface area contributed by atoms with Gasteiger partial charge in [-0.15, -0.1) is 0 Å². The van der Waals surface area contributed by atoms with E-state index in [9.17, 15) is 4.79 Å². The molecule has 0 aliphatic heterocycles. The summed E-state index contributed by atoms with van der Waals surface area (Å²) < 4.78 is 0. The molecule has 0 aliphatic rings. The van der Waals surface area contributed by atoms with E-state index < -0.39 is 0 Å². The molecule has 0 unspecified atom stereocenters. The van der Waals surface area contributed by atoms with Gasteiger partial charge in [-0.3, -0.25) is 4.79 Å². The van der Waals surface area contributed by atoms with Crippen molar-refractivity contribution in [3.05, 3.63) is 56.5 Å². The molecule has 0 fully saturated rings. The third-order valence-electron chi connectivity index (χ3n) is 2.58. The van der Waals surface area contributed by atoms with Crippen LogP contribution in [0.4, 0.5) is 11.4 Å². The molecule has 0 atom stereocenters. The smallest absolute Gasteiger partial charge is 0.243 e. The Kier molecular flexibility index (Phi) is 5.59. The van der Waals surface area contributed by atoms with Crippen LogP contribution in [-0.4, -0.2) is 12.5 Å². The van der Waals surface area contributed by atoms with Crippen molar-refractivity contribution < 1.29 is 4.79 Å². The summed E-state index contributed by atoms with van der Waals surface area (Å²) in [7, 11) is 0. The highest BCUT2D eigenvalue weighted by Crippen LogP contribution is 2.26. The number of amides is 1. The van der Waals surface area contributed by atoms with Crippen molar-refractivity contribution in [2.45, 2.75) is 0 Å². The number of hydrogen-bond donors (Lipinski definition) is 2. The molecule has 0 heterocycles. The maximum absolute atomic E-state index is 11.9. The zero-order valence-electron chi connectivity index (χ0n) is 10.6. The van der Waals surface area contributed by atoms with Crippen LogP contribution in [0.1, 0.15) is 0 Å². The number of rotatable bonds is 4. The lowest BCUT2D eigenvalue weighted by Gasteiger charge is -2.10. The minimum atomic E-state index is -0.245. The molecule has 0 bridgehead atoms. The van der Waals surface area contributed by atoms with Gasteiger partial charge >= 0.3 is 0 Å². The van der Waals surface area contributed by atoms with Crippen molar-refractivity contribution in [3.63, 3.8) is 0 Å². The van der Waals surface area contributed by atoms with E-state index >= 15 is 0 Å². The Morgan fingerprint density at radius 2 is 1.67 bits per heavy atom.